The second kappa shape index (κ2) is 8.33. The van der Waals surface area contributed by atoms with Crippen LogP contribution in [0.2, 0.25) is 0 Å². The van der Waals surface area contributed by atoms with E-state index in [0.717, 1.165) is 0 Å². The molecule has 0 spiro atoms. The maximum atomic E-state index is 11.9. The minimum absolute atomic E-state index is 0.397. The highest BCUT2D eigenvalue weighted by molar-refractivity contribution is 6.39. The van der Waals surface area contributed by atoms with Crippen molar-refractivity contribution in [1.29, 1.82) is 0 Å². The van der Waals surface area contributed by atoms with E-state index in [0.29, 0.717) is 22.7 Å². The van der Waals surface area contributed by atoms with Crippen LogP contribution in [0.25, 0.3) is 0 Å². The molecule has 0 unspecified atom stereocenters. The number of carbonyl (C=O) groups is 2. The molecular weight excluding hydrogens is 310 g/mol. The number of benzene rings is 2. The van der Waals surface area contributed by atoms with Crippen molar-refractivity contribution in [2.45, 2.75) is 0 Å². The summed E-state index contributed by atoms with van der Waals surface area (Å²) in [6, 6.07) is 13.9. The van der Waals surface area contributed by atoms with Gasteiger partial charge < -0.3 is 14.8 Å². The molecule has 2 amide bonds. The SMILES string of the molecule is COc1ccccc1/C=N\NC(=O)C(=O)Nc1ccccc1OC. The number of rotatable bonds is 5. The largest absolute Gasteiger partial charge is 0.496 e. The third-order valence-corrected chi connectivity index (χ3v) is 3.07. The van der Waals surface area contributed by atoms with Gasteiger partial charge in [0.05, 0.1) is 26.1 Å². The van der Waals surface area contributed by atoms with Crippen LogP contribution in [-0.2, 0) is 9.59 Å². The van der Waals surface area contributed by atoms with E-state index in [1.165, 1.54) is 20.4 Å². The van der Waals surface area contributed by atoms with Gasteiger partial charge in [0.25, 0.3) is 0 Å². The molecule has 7 heteroatoms. The predicted molar refractivity (Wildman–Crippen MR) is 90.4 cm³/mol. The van der Waals surface area contributed by atoms with Crippen molar-refractivity contribution in [3.05, 3.63) is 54.1 Å². The standard InChI is InChI=1S/C17H17N3O4/c1-23-14-9-5-3-7-12(14)11-18-20-17(22)16(21)19-13-8-4-6-10-15(13)24-2/h3-11H,1-2H3,(H,19,21)(H,20,22)/b18-11-. The van der Waals surface area contributed by atoms with Crippen LogP contribution >= 0.6 is 0 Å². The zero-order valence-electron chi connectivity index (χ0n) is 13.3. The molecule has 0 aromatic heterocycles. The van der Waals surface area contributed by atoms with Crippen molar-refractivity contribution in [3.63, 3.8) is 0 Å². The fourth-order valence-corrected chi connectivity index (χ4v) is 1.91. The molecule has 0 fully saturated rings. The van der Waals surface area contributed by atoms with E-state index in [-0.39, 0.29) is 0 Å². The lowest BCUT2D eigenvalue weighted by Gasteiger charge is -2.08. The Morgan fingerprint density at radius 1 is 0.917 bits per heavy atom. The first-order valence-corrected chi connectivity index (χ1v) is 7.06. The highest BCUT2D eigenvalue weighted by Gasteiger charge is 2.14. The van der Waals surface area contributed by atoms with Crippen LogP contribution in [0.1, 0.15) is 5.56 Å². The summed E-state index contributed by atoms with van der Waals surface area (Å²) < 4.78 is 10.3. The number of carbonyl (C=O) groups excluding carboxylic acids is 2. The van der Waals surface area contributed by atoms with Crippen molar-refractivity contribution in [3.8, 4) is 11.5 Å². The number of hydrazone groups is 1. The highest BCUT2D eigenvalue weighted by atomic mass is 16.5. The van der Waals surface area contributed by atoms with Crippen molar-refractivity contribution in [2.75, 3.05) is 19.5 Å². The Bertz CT molecular complexity index is 759. The van der Waals surface area contributed by atoms with Gasteiger partial charge in [0, 0.05) is 5.56 Å². The lowest BCUT2D eigenvalue weighted by Crippen LogP contribution is -2.32. The van der Waals surface area contributed by atoms with Gasteiger partial charge in [0.1, 0.15) is 11.5 Å². The number of para-hydroxylation sites is 3. The lowest BCUT2D eigenvalue weighted by atomic mass is 10.2. The molecule has 7 nitrogen and oxygen atoms in total. The topological polar surface area (TPSA) is 89.0 Å². The molecular formula is C17H17N3O4. The number of nitrogens with zero attached hydrogens (tertiary/aromatic N) is 1. The Kier molecular flexibility index (Phi) is 5.90. The summed E-state index contributed by atoms with van der Waals surface area (Å²) in [6.07, 6.45) is 1.40. The molecule has 2 N–H and O–H groups in total. The number of amides is 2. The lowest BCUT2D eigenvalue weighted by molar-refractivity contribution is -0.136. The zero-order chi connectivity index (χ0) is 17.4. The Balaban J connectivity index is 1.97. The Hall–Kier alpha value is -3.35. The van der Waals surface area contributed by atoms with Gasteiger partial charge in [0.15, 0.2) is 0 Å². The smallest absolute Gasteiger partial charge is 0.329 e. The second-order valence-corrected chi connectivity index (χ2v) is 4.60. The molecule has 0 radical (unpaired) electrons. The summed E-state index contributed by atoms with van der Waals surface area (Å²) in [5.74, 6) is -0.686. The van der Waals surface area contributed by atoms with Crippen molar-refractivity contribution >= 4 is 23.7 Å². The third kappa shape index (κ3) is 4.33. The fourth-order valence-electron chi connectivity index (χ4n) is 1.91. The van der Waals surface area contributed by atoms with E-state index in [1.54, 1.807) is 42.5 Å². The first kappa shape index (κ1) is 17.0. The maximum Gasteiger partial charge on any atom is 0.329 e. The summed E-state index contributed by atoms with van der Waals surface area (Å²) in [6.45, 7) is 0. The van der Waals surface area contributed by atoms with E-state index in [4.69, 9.17) is 9.47 Å². The summed E-state index contributed by atoms with van der Waals surface area (Å²) >= 11 is 0. The van der Waals surface area contributed by atoms with E-state index in [9.17, 15) is 9.59 Å². The normalized spacial score (nSPS) is 10.2. The molecule has 0 aliphatic heterocycles. The maximum absolute atomic E-state index is 11.9. The molecule has 24 heavy (non-hydrogen) atoms. The first-order valence-electron chi connectivity index (χ1n) is 7.06. The van der Waals surface area contributed by atoms with Crippen LogP contribution in [0.15, 0.2) is 53.6 Å². The van der Waals surface area contributed by atoms with Crippen molar-refractivity contribution in [2.24, 2.45) is 5.10 Å². The minimum Gasteiger partial charge on any atom is -0.496 e. The Morgan fingerprint density at radius 2 is 1.54 bits per heavy atom. The summed E-state index contributed by atoms with van der Waals surface area (Å²) in [5.41, 5.74) is 3.23. The first-order chi connectivity index (χ1) is 11.7. The van der Waals surface area contributed by atoms with Gasteiger partial charge in [-0.15, -0.1) is 0 Å². The van der Waals surface area contributed by atoms with Crippen LogP contribution in [0.5, 0.6) is 11.5 Å². The number of hydrogen-bond acceptors (Lipinski definition) is 5. The summed E-state index contributed by atoms with van der Waals surface area (Å²) in [7, 11) is 3.01. The predicted octanol–water partition coefficient (Wildman–Crippen LogP) is 1.79. The molecule has 0 bridgehead atoms. The molecule has 0 saturated carbocycles. The van der Waals surface area contributed by atoms with Crippen LogP contribution in [0.4, 0.5) is 5.69 Å². The van der Waals surface area contributed by atoms with E-state index >= 15 is 0 Å². The number of methoxy groups -OCH3 is 2. The van der Waals surface area contributed by atoms with Gasteiger partial charge in [-0.2, -0.15) is 5.10 Å². The summed E-state index contributed by atoms with van der Waals surface area (Å²) in [5, 5.41) is 6.22. The fraction of sp³-hybridized carbons (Fsp3) is 0.118. The van der Waals surface area contributed by atoms with E-state index in [2.05, 4.69) is 15.8 Å². The van der Waals surface area contributed by atoms with Crippen LogP contribution in [0.3, 0.4) is 0 Å². The van der Waals surface area contributed by atoms with E-state index < -0.39 is 11.8 Å². The van der Waals surface area contributed by atoms with Crippen molar-refractivity contribution < 1.29 is 19.1 Å². The number of nitrogens with one attached hydrogen (secondary N) is 2. The minimum atomic E-state index is -0.896. The molecule has 2 aromatic carbocycles. The van der Waals surface area contributed by atoms with Gasteiger partial charge in [-0.25, -0.2) is 5.43 Å². The van der Waals surface area contributed by atoms with Gasteiger partial charge in [-0.05, 0) is 24.3 Å². The van der Waals surface area contributed by atoms with Gasteiger partial charge in [-0.1, -0.05) is 24.3 Å². The molecule has 2 rings (SSSR count). The number of hydrogen-bond donors (Lipinski definition) is 2. The summed E-state index contributed by atoms with van der Waals surface area (Å²) in [4.78, 5) is 23.7. The third-order valence-electron chi connectivity index (χ3n) is 3.07. The monoisotopic (exact) mass is 327 g/mol. The molecule has 0 saturated heterocycles. The number of ether oxygens (including phenoxy) is 2. The van der Waals surface area contributed by atoms with Crippen molar-refractivity contribution in [1.82, 2.24) is 5.43 Å². The molecule has 0 atom stereocenters. The number of anilines is 1. The average Bonchev–Trinajstić information content (AvgIpc) is 2.62. The quantitative estimate of drug-likeness (QED) is 0.498. The van der Waals surface area contributed by atoms with Gasteiger partial charge in [-0.3, -0.25) is 9.59 Å². The second-order valence-electron chi connectivity index (χ2n) is 4.60. The van der Waals surface area contributed by atoms with Gasteiger partial charge >= 0.3 is 11.8 Å². The Labute approximate surface area is 139 Å². The van der Waals surface area contributed by atoms with Crippen LogP contribution in [0, 0.1) is 0 Å². The molecule has 0 aliphatic carbocycles. The molecule has 0 aliphatic rings. The average molecular weight is 327 g/mol. The van der Waals surface area contributed by atoms with Crippen LogP contribution < -0.4 is 20.2 Å². The molecule has 124 valence electrons. The van der Waals surface area contributed by atoms with Gasteiger partial charge in [0.2, 0.25) is 0 Å². The Morgan fingerprint density at radius 3 is 2.25 bits per heavy atom. The highest BCUT2D eigenvalue weighted by Crippen LogP contribution is 2.22. The van der Waals surface area contributed by atoms with Crippen LogP contribution in [-0.4, -0.2) is 32.2 Å². The molecule has 2 aromatic rings. The van der Waals surface area contributed by atoms with E-state index in [1.807, 2.05) is 6.07 Å². The zero-order valence-corrected chi connectivity index (χ0v) is 13.3. The molecule has 0 heterocycles.